The lowest BCUT2D eigenvalue weighted by molar-refractivity contribution is -0.134. The topological polar surface area (TPSA) is 318 Å². The molecule has 0 fully saturated rings. The Hall–Kier alpha value is -6.67. The van der Waals surface area contributed by atoms with Crippen LogP contribution in [0.2, 0.25) is 0 Å². The van der Waals surface area contributed by atoms with Gasteiger partial charge in [-0.05, 0) is 63.0 Å². The van der Waals surface area contributed by atoms with Crippen LogP contribution in [0.25, 0.3) is 10.9 Å². The number of fused-ring (bicyclic) bond motifs is 1. The van der Waals surface area contributed by atoms with Crippen LogP contribution < -0.4 is 54.0 Å². The summed E-state index contributed by atoms with van der Waals surface area (Å²) in [6.07, 6.45) is 2.79. The number of nitrogens with one attached hydrogen (secondary N) is 9. The Morgan fingerprint density at radius 3 is 1.89 bits per heavy atom. The summed E-state index contributed by atoms with van der Waals surface area (Å²) in [6, 6.07) is 10.0. The molecule has 1 aromatic heterocycles. The molecule has 20 nitrogen and oxygen atoms in total. The van der Waals surface area contributed by atoms with Gasteiger partial charge in [-0.3, -0.25) is 38.4 Å². The minimum atomic E-state index is -1.26. The van der Waals surface area contributed by atoms with Crippen molar-refractivity contribution in [2.75, 3.05) is 33.2 Å². The average molecular weight is 848 g/mol. The van der Waals surface area contributed by atoms with Crippen LogP contribution in [-0.4, -0.2) is 122 Å². The molecule has 330 valence electrons. The molecule has 61 heavy (non-hydrogen) atoms. The van der Waals surface area contributed by atoms with Gasteiger partial charge in [0.15, 0.2) is 0 Å². The molecule has 13 N–H and O–H groups in total. The van der Waals surface area contributed by atoms with Gasteiger partial charge in [0.05, 0.1) is 13.1 Å². The fourth-order valence-corrected chi connectivity index (χ4v) is 6.30. The van der Waals surface area contributed by atoms with Gasteiger partial charge in [-0.1, -0.05) is 48.5 Å². The number of aldehydes is 1. The molecule has 0 saturated heterocycles. The zero-order valence-electron chi connectivity index (χ0n) is 34.3. The lowest BCUT2D eigenvalue weighted by atomic mass is 10.0. The molecule has 0 saturated carbocycles. The average Bonchev–Trinajstić information content (AvgIpc) is 3.65. The fraction of sp³-hybridized carbons (Fsp3) is 0.439. The first-order valence-corrected chi connectivity index (χ1v) is 19.9. The second kappa shape index (κ2) is 25.7. The first kappa shape index (κ1) is 48.7. The largest absolute Gasteiger partial charge is 0.368 e. The van der Waals surface area contributed by atoms with Gasteiger partial charge in [0.1, 0.15) is 36.5 Å². The number of aromatic nitrogens is 1. The number of hydrogen-bond acceptors (Lipinski definition) is 11. The minimum Gasteiger partial charge on any atom is -0.368 e. The number of hydrogen-bond donors (Lipinski definition) is 11. The van der Waals surface area contributed by atoms with Gasteiger partial charge in [-0.2, -0.15) is 0 Å². The van der Waals surface area contributed by atoms with E-state index in [0.717, 1.165) is 10.9 Å². The highest BCUT2D eigenvalue weighted by Gasteiger charge is 2.31. The molecule has 0 spiro atoms. The van der Waals surface area contributed by atoms with E-state index in [-0.39, 0.29) is 51.6 Å². The number of rotatable bonds is 27. The Morgan fingerprint density at radius 1 is 0.672 bits per heavy atom. The third-order valence-electron chi connectivity index (χ3n) is 9.48. The Balaban J connectivity index is 1.78. The summed E-state index contributed by atoms with van der Waals surface area (Å²) in [6.45, 7) is 0.759. The monoisotopic (exact) mass is 847 g/mol. The van der Waals surface area contributed by atoms with E-state index in [1.165, 1.54) is 6.92 Å². The van der Waals surface area contributed by atoms with E-state index in [0.29, 0.717) is 30.4 Å². The van der Waals surface area contributed by atoms with Crippen molar-refractivity contribution in [3.63, 3.8) is 0 Å². The highest BCUT2D eigenvalue weighted by molar-refractivity contribution is 5.97. The van der Waals surface area contributed by atoms with E-state index in [9.17, 15) is 43.2 Å². The highest BCUT2D eigenvalue weighted by atomic mass is 16.2. The number of carbonyl (C=O) groups is 9. The number of nitrogens with two attached hydrogens (primary N) is 2. The summed E-state index contributed by atoms with van der Waals surface area (Å²) in [5, 5.41) is 21.6. The first-order chi connectivity index (χ1) is 29.3. The number of amides is 8. The molecule has 2 aromatic carbocycles. The van der Waals surface area contributed by atoms with Crippen molar-refractivity contribution in [3.8, 4) is 0 Å². The van der Waals surface area contributed by atoms with Crippen LogP contribution in [0.4, 0.5) is 0 Å². The SMILES string of the molecule is CNCCCC(NC(=O)CNC(C)=O)C(=O)N[C@@H](CCN)C(=O)NC(Cc1ccccc1)C(=O)NCC(=O)N[C@@H](Cc1c[nH]c2ccccc12)C(=O)NC(CCC=O)C(N)=O. The summed E-state index contributed by atoms with van der Waals surface area (Å²) >= 11 is 0. The number of aromatic amines is 1. The summed E-state index contributed by atoms with van der Waals surface area (Å²) in [4.78, 5) is 118. The Kier molecular flexibility index (Phi) is 20.5. The van der Waals surface area contributed by atoms with Crippen LogP contribution in [0.15, 0.2) is 60.8 Å². The number of carbonyl (C=O) groups excluding carboxylic acids is 9. The molecule has 3 unspecified atom stereocenters. The predicted molar refractivity (Wildman–Crippen MR) is 225 cm³/mol. The second-order valence-corrected chi connectivity index (χ2v) is 14.3. The van der Waals surface area contributed by atoms with E-state index < -0.39 is 84.0 Å². The van der Waals surface area contributed by atoms with E-state index in [1.54, 1.807) is 43.6 Å². The third-order valence-corrected chi connectivity index (χ3v) is 9.48. The van der Waals surface area contributed by atoms with Crippen LogP contribution in [0.1, 0.15) is 50.2 Å². The molecule has 3 aromatic rings. The molecule has 5 atom stereocenters. The predicted octanol–water partition coefficient (Wildman–Crippen LogP) is -2.56. The molecule has 0 aliphatic rings. The van der Waals surface area contributed by atoms with Gasteiger partial charge in [-0.25, -0.2) is 0 Å². The van der Waals surface area contributed by atoms with Crippen molar-refractivity contribution in [2.45, 2.75) is 82.1 Å². The van der Waals surface area contributed by atoms with Crippen LogP contribution in [0.3, 0.4) is 0 Å². The molecular weight excluding hydrogens is 791 g/mol. The van der Waals surface area contributed by atoms with Gasteiger partial charge in [0.25, 0.3) is 0 Å². The Morgan fingerprint density at radius 2 is 1.25 bits per heavy atom. The zero-order chi connectivity index (χ0) is 44.7. The Labute approximate surface area is 353 Å². The molecule has 0 bridgehead atoms. The maximum absolute atomic E-state index is 13.8. The van der Waals surface area contributed by atoms with Crippen LogP contribution in [-0.2, 0) is 56.0 Å². The van der Waals surface area contributed by atoms with Crippen molar-refractivity contribution < 1.29 is 43.2 Å². The lowest BCUT2D eigenvalue weighted by Gasteiger charge is -2.25. The fourth-order valence-electron chi connectivity index (χ4n) is 6.30. The van der Waals surface area contributed by atoms with Gasteiger partial charge in [0, 0.05) is 43.3 Å². The summed E-state index contributed by atoms with van der Waals surface area (Å²) in [5.41, 5.74) is 13.4. The maximum atomic E-state index is 13.8. The molecule has 3 rings (SSSR count). The number of benzene rings is 2. The Bertz CT molecular complexity index is 1970. The third kappa shape index (κ3) is 16.8. The number of para-hydroxylation sites is 1. The molecule has 1 heterocycles. The standard InChI is InChI=1S/C41H57N11O9/c1-25(54)45-23-35(55)48-31(14-8-18-44-2)39(59)51-32(16-17-42)40(60)52-33(20-26-10-4-3-5-11-26)38(58)47-24-36(56)49-34(41(61)50-30(37(43)57)15-9-19-53)21-27-22-46-29-13-7-6-12-28(27)29/h3-7,10-13,19,22,30-34,44,46H,8-9,14-18,20-21,23-24,42H2,1-2H3,(H2,43,57)(H,45,54)(H,47,58)(H,48,55)(H,49,56)(H,50,61)(H,51,59)(H,52,60)/t30?,31?,32-,33?,34-/m0/s1. The van der Waals surface area contributed by atoms with E-state index in [2.05, 4.69) is 47.5 Å². The molecule has 0 radical (unpaired) electrons. The van der Waals surface area contributed by atoms with E-state index in [1.807, 2.05) is 24.3 Å². The van der Waals surface area contributed by atoms with Crippen LogP contribution in [0.5, 0.6) is 0 Å². The summed E-state index contributed by atoms with van der Waals surface area (Å²) in [7, 11) is 1.73. The van der Waals surface area contributed by atoms with Crippen molar-refractivity contribution in [3.05, 3.63) is 71.9 Å². The van der Waals surface area contributed by atoms with Gasteiger partial charge in [-0.15, -0.1) is 0 Å². The molecule has 20 heteroatoms. The first-order valence-electron chi connectivity index (χ1n) is 19.9. The summed E-state index contributed by atoms with van der Waals surface area (Å²) in [5.74, 6) is -5.64. The minimum absolute atomic E-state index is 0.0178. The lowest BCUT2D eigenvalue weighted by Crippen LogP contribution is -2.58. The smallest absolute Gasteiger partial charge is 0.243 e. The molecule has 0 aliphatic carbocycles. The normalized spacial score (nSPS) is 13.3. The second-order valence-electron chi connectivity index (χ2n) is 14.3. The molecular formula is C41H57N11O9. The van der Waals surface area contributed by atoms with Gasteiger partial charge < -0.3 is 63.8 Å². The van der Waals surface area contributed by atoms with E-state index in [4.69, 9.17) is 11.5 Å². The van der Waals surface area contributed by atoms with Crippen molar-refractivity contribution in [1.82, 2.24) is 47.5 Å². The van der Waals surface area contributed by atoms with Crippen molar-refractivity contribution in [1.29, 1.82) is 0 Å². The van der Waals surface area contributed by atoms with Crippen molar-refractivity contribution in [2.24, 2.45) is 11.5 Å². The van der Waals surface area contributed by atoms with Crippen molar-refractivity contribution >= 4 is 64.4 Å². The van der Waals surface area contributed by atoms with Gasteiger partial charge in [0.2, 0.25) is 47.3 Å². The molecule has 8 amide bonds. The number of primary amides is 1. The summed E-state index contributed by atoms with van der Waals surface area (Å²) < 4.78 is 0. The van der Waals surface area contributed by atoms with Crippen LogP contribution >= 0.6 is 0 Å². The molecule has 0 aliphatic heterocycles. The zero-order valence-corrected chi connectivity index (χ0v) is 34.3. The highest BCUT2D eigenvalue weighted by Crippen LogP contribution is 2.19. The van der Waals surface area contributed by atoms with Crippen LogP contribution in [0, 0.1) is 0 Å². The van der Waals surface area contributed by atoms with E-state index >= 15 is 0 Å². The maximum Gasteiger partial charge on any atom is 0.243 e. The quantitative estimate of drug-likeness (QED) is 0.0280. The number of H-pyrrole nitrogens is 1. The van der Waals surface area contributed by atoms with Gasteiger partial charge >= 0.3 is 0 Å².